The standard InChI is InChI=1S/C15H21N3O5S/c19-14(9-23-15(20)13-5-7-16-17-13)18(11-3-1-2-4-11)12-6-8-24(21,22)10-12/h5,7,11-12H,1-4,6,8-10H2,(H,16,17). The van der Waals surface area contributed by atoms with Gasteiger partial charge in [0.05, 0.1) is 11.5 Å². The number of aromatic amines is 1. The third-order valence-corrected chi connectivity index (χ3v) is 6.41. The molecule has 1 unspecified atom stereocenters. The van der Waals surface area contributed by atoms with Gasteiger partial charge in [-0.2, -0.15) is 5.10 Å². The number of nitrogens with one attached hydrogen (secondary N) is 1. The summed E-state index contributed by atoms with van der Waals surface area (Å²) in [5, 5.41) is 6.14. The van der Waals surface area contributed by atoms with Crippen molar-refractivity contribution in [2.24, 2.45) is 0 Å². The SMILES string of the molecule is O=C(OCC(=O)N(C1CCCC1)C1CCS(=O)(=O)C1)c1ccn[nH]1. The van der Waals surface area contributed by atoms with Crippen LogP contribution in [0, 0.1) is 0 Å². The second kappa shape index (κ2) is 6.92. The van der Waals surface area contributed by atoms with Crippen LogP contribution in [0.5, 0.6) is 0 Å². The van der Waals surface area contributed by atoms with Gasteiger partial charge in [-0.05, 0) is 25.3 Å². The number of nitrogens with zero attached hydrogens (tertiary/aromatic N) is 2. The van der Waals surface area contributed by atoms with E-state index in [2.05, 4.69) is 10.2 Å². The number of sulfone groups is 1. The van der Waals surface area contributed by atoms with Gasteiger partial charge in [0.2, 0.25) is 0 Å². The van der Waals surface area contributed by atoms with Crippen molar-refractivity contribution in [1.29, 1.82) is 0 Å². The average Bonchev–Trinajstić information content (AvgIpc) is 3.26. The molecule has 1 aliphatic heterocycles. The van der Waals surface area contributed by atoms with Crippen LogP contribution in [-0.2, 0) is 19.4 Å². The van der Waals surface area contributed by atoms with Crippen molar-refractivity contribution in [3.8, 4) is 0 Å². The highest BCUT2D eigenvalue weighted by Crippen LogP contribution is 2.29. The number of H-pyrrole nitrogens is 1. The highest BCUT2D eigenvalue weighted by molar-refractivity contribution is 7.91. The lowest BCUT2D eigenvalue weighted by molar-refractivity contribution is -0.139. The van der Waals surface area contributed by atoms with E-state index in [1.54, 1.807) is 4.90 Å². The molecular weight excluding hydrogens is 334 g/mol. The van der Waals surface area contributed by atoms with E-state index >= 15 is 0 Å². The third-order valence-electron chi connectivity index (χ3n) is 4.66. The molecule has 24 heavy (non-hydrogen) atoms. The Morgan fingerprint density at radius 3 is 2.58 bits per heavy atom. The zero-order valence-corrected chi connectivity index (χ0v) is 14.1. The van der Waals surface area contributed by atoms with Gasteiger partial charge in [-0.1, -0.05) is 12.8 Å². The molecule has 0 aromatic carbocycles. The van der Waals surface area contributed by atoms with Crippen molar-refractivity contribution in [2.45, 2.75) is 44.2 Å². The summed E-state index contributed by atoms with van der Waals surface area (Å²) in [5.74, 6) is -0.852. The molecule has 2 aliphatic rings. The molecule has 0 bridgehead atoms. The second-order valence-corrected chi connectivity index (χ2v) is 8.57. The molecular formula is C15H21N3O5S. The number of hydrogen-bond donors (Lipinski definition) is 1. The monoisotopic (exact) mass is 355 g/mol. The fourth-order valence-electron chi connectivity index (χ4n) is 3.53. The predicted octanol–water partition coefficient (Wildman–Crippen LogP) is 0.525. The summed E-state index contributed by atoms with van der Waals surface area (Å²) in [4.78, 5) is 26.1. The van der Waals surface area contributed by atoms with Crippen LogP contribution in [-0.4, -0.2) is 65.6 Å². The van der Waals surface area contributed by atoms with Crippen molar-refractivity contribution >= 4 is 21.7 Å². The minimum Gasteiger partial charge on any atom is -0.451 e. The van der Waals surface area contributed by atoms with E-state index in [1.807, 2.05) is 0 Å². The van der Waals surface area contributed by atoms with Crippen LogP contribution >= 0.6 is 0 Å². The number of esters is 1. The van der Waals surface area contributed by atoms with E-state index in [0.29, 0.717) is 6.42 Å². The number of aromatic nitrogens is 2. The van der Waals surface area contributed by atoms with Gasteiger partial charge in [0.25, 0.3) is 5.91 Å². The molecule has 1 amide bonds. The van der Waals surface area contributed by atoms with Crippen LogP contribution in [0.15, 0.2) is 12.3 Å². The van der Waals surface area contributed by atoms with Gasteiger partial charge in [0.1, 0.15) is 5.69 Å². The Morgan fingerprint density at radius 2 is 2.00 bits per heavy atom. The summed E-state index contributed by atoms with van der Waals surface area (Å²) >= 11 is 0. The molecule has 1 saturated carbocycles. The molecule has 0 radical (unpaired) electrons. The first kappa shape index (κ1) is 16.9. The topological polar surface area (TPSA) is 109 Å². The summed E-state index contributed by atoms with van der Waals surface area (Å²) in [6.07, 6.45) is 5.68. The highest BCUT2D eigenvalue weighted by Gasteiger charge is 2.39. The van der Waals surface area contributed by atoms with Crippen LogP contribution in [0.25, 0.3) is 0 Å². The minimum atomic E-state index is -3.09. The van der Waals surface area contributed by atoms with E-state index in [1.165, 1.54) is 12.3 Å². The van der Waals surface area contributed by atoms with E-state index in [9.17, 15) is 18.0 Å². The zero-order chi connectivity index (χ0) is 17.2. The molecule has 1 aromatic heterocycles. The Kier molecular flexibility index (Phi) is 4.88. The summed E-state index contributed by atoms with van der Waals surface area (Å²) in [7, 11) is -3.09. The van der Waals surface area contributed by atoms with E-state index in [4.69, 9.17) is 4.74 Å². The first-order valence-corrected chi connectivity index (χ1v) is 9.96. The summed E-state index contributed by atoms with van der Waals surface area (Å²) in [6.45, 7) is -0.384. The number of ether oxygens (including phenoxy) is 1. The maximum Gasteiger partial charge on any atom is 0.356 e. The first-order chi connectivity index (χ1) is 11.5. The van der Waals surface area contributed by atoms with Gasteiger partial charge in [-0.3, -0.25) is 9.89 Å². The molecule has 132 valence electrons. The molecule has 1 aromatic rings. The lowest BCUT2D eigenvalue weighted by Crippen LogP contribution is -2.48. The molecule has 1 aliphatic carbocycles. The van der Waals surface area contributed by atoms with Gasteiger partial charge in [-0.15, -0.1) is 0 Å². The molecule has 3 rings (SSSR count). The molecule has 1 saturated heterocycles. The van der Waals surface area contributed by atoms with Gasteiger partial charge >= 0.3 is 5.97 Å². The fourth-order valence-corrected chi connectivity index (χ4v) is 5.24. The summed E-state index contributed by atoms with van der Waals surface area (Å²) in [6, 6.07) is 1.20. The molecule has 2 heterocycles. The maximum atomic E-state index is 12.6. The lowest BCUT2D eigenvalue weighted by atomic mass is 10.1. The van der Waals surface area contributed by atoms with Crippen molar-refractivity contribution in [3.63, 3.8) is 0 Å². The van der Waals surface area contributed by atoms with Gasteiger partial charge in [0.15, 0.2) is 16.4 Å². The van der Waals surface area contributed by atoms with Crippen molar-refractivity contribution in [1.82, 2.24) is 15.1 Å². The van der Waals surface area contributed by atoms with Gasteiger partial charge < -0.3 is 9.64 Å². The Labute approximate surface area is 140 Å². The van der Waals surface area contributed by atoms with E-state index in [0.717, 1.165) is 25.7 Å². The Balaban J connectivity index is 1.66. The average molecular weight is 355 g/mol. The highest BCUT2D eigenvalue weighted by atomic mass is 32.2. The minimum absolute atomic E-state index is 0.00371. The number of amides is 1. The first-order valence-electron chi connectivity index (χ1n) is 8.14. The van der Waals surface area contributed by atoms with Gasteiger partial charge in [-0.25, -0.2) is 13.2 Å². The Morgan fingerprint density at radius 1 is 1.25 bits per heavy atom. The normalized spacial score (nSPS) is 23.2. The summed E-state index contributed by atoms with van der Waals surface area (Å²) < 4.78 is 28.6. The Bertz CT molecular complexity index is 695. The zero-order valence-electron chi connectivity index (χ0n) is 13.3. The molecule has 1 N–H and O–H groups in total. The fraction of sp³-hybridized carbons (Fsp3) is 0.667. The van der Waals surface area contributed by atoms with Crippen LogP contribution in [0.2, 0.25) is 0 Å². The molecule has 1 atom stereocenters. The maximum absolute atomic E-state index is 12.6. The van der Waals surface area contributed by atoms with Crippen LogP contribution in [0.3, 0.4) is 0 Å². The molecule has 0 spiro atoms. The quantitative estimate of drug-likeness (QED) is 0.772. The smallest absolute Gasteiger partial charge is 0.356 e. The van der Waals surface area contributed by atoms with Crippen LogP contribution in [0.1, 0.15) is 42.6 Å². The molecule has 2 fully saturated rings. The van der Waals surface area contributed by atoms with Gasteiger partial charge in [0, 0.05) is 18.3 Å². The van der Waals surface area contributed by atoms with Crippen molar-refractivity contribution in [2.75, 3.05) is 18.1 Å². The van der Waals surface area contributed by atoms with Crippen molar-refractivity contribution < 1.29 is 22.7 Å². The molecule has 8 nitrogen and oxygen atoms in total. The molecule has 9 heteroatoms. The number of rotatable bonds is 5. The summed E-state index contributed by atoms with van der Waals surface area (Å²) in [5.41, 5.74) is 0.179. The van der Waals surface area contributed by atoms with Crippen LogP contribution in [0.4, 0.5) is 0 Å². The van der Waals surface area contributed by atoms with E-state index < -0.39 is 15.8 Å². The number of carbonyl (C=O) groups excluding carboxylic acids is 2. The largest absolute Gasteiger partial charge is 0.451 e. The van der Waals surface area contributed by atoms with E-state index in [-0.39, 0.29) is 41.8 Å². The van der Waals surface area contributed by atoms with Crippen molar-refractivity contribution in [3.05, 3.63) is 18.0 Å². The predicted molar refractivity (Wildman–Crippen MR) is 85.0 cm³/mol. The van der Waals surface area contributed by atoms with Crippen LogP contribution < -0.4 is 0 Å². The number of hydrogen-bond acceptors (Lipinski definition) is 6. The Hall–Kier alpha value is -1.90. The second-order valence-electron chi connectivity index (χ2n) is 6.34. The third kappa shape index (κ3) is 3.77. The lowest BCUT2D eigenvalue weighted by Gasteiger charge is -2.33. The number of carbonyl (C=O) groups is 2.